The van der Waals surface area contributed by atoms with E-state index >= 15 is 0 Å². The third-order valence-electron chi connectivity index (χ3n) is 2.26. The van der Waals surface area contributed by atoms with Gasteiger partial charge in [-0.25, -0.2) is 14.6 Å². The summed E-state index contributed by atoms with van der Waals surface area (Å²) in [6.45, 7) is 5.56. The highest BCUT2D eigenvalue weighted by Gasteiger charge is 2.55. The summed E-state index contributed by atoms with van der Waals surface area (Å²) in [6.07, 6.45) is -1.47. The second kappa shape index (κ2) is 3.46. The van der Waals surface area contributed by atoms with Crippen molar-refractivity contribution in [3.8, 4) is 0 Å². The van der Waals surface area contributed by atoms with Crippen molar-refractivity contribution in [3.05, 3.63) is 0 Å². The number of nitrogens with zero attached hydrogens (tertiary/aromatic N) is 1. The Labute approximate surface area is 82.7 Å². The number of halogens is 2. The highest BCUT2D eigenvalue weighted by atomic mass is 19.3. The molecule has 0 amide bonds. The number of amidine groups is 1. The molecule has 1 aliphatic rings. The lowest BCUT2D eigenvalue weighted by Gasteiger charge is -2.21. The van der Waals surface area contributed by atoms with Gasteiger partial charge in [0, 0.05) is 0 Å². The summed E-state index contributed by atoms with van der Waals surface area (Å²) in [5.74, 6) is 5.47. The minimum atomic E-state index is -2.39. The summed E-state index contributed by atoms with van der Waals surface area (Å²) in [4.78, 5) is 4.18. The Morgan fingerprint density at radius 2 is 1.93 bits per heavy atom. The summed E-state index contributed by atoms with van der Waals surface area (Å²) in [5, 5.41) is 0. The van der Waals surface area contributed by atoms with Crippen LogP contribution in [-0.2, 0) is 0 Å². The van der Waals surface area contributed by atoms with Crippen LogP contribution < -0.4 is 11.3 Å². The monoisotopic (exact) mass is 205 g/mol. The Morgan fingerprint density at radius 1 is 1.43 bits per heavy atom. The van der Waals surface area contributed by atoms with E-state index in [0.717, 1.165) is 0 Å². The van der Waals surface area contributed by atoms with Crippen molar-refractivity contribution in [1.82, 2.24) is 5.43 Å². The van der Waals surface area contributed by atoms with Gasteiger partial charge in [0.2, 0.25) is 0 Å². The minimum Gasteiger partial charge on any atom is -0.312 e. The first kappa shape index (κ1) is 11.4. The fourth-order valence-corrected chi connectivity index (χ4v) is 1.32. The maximum absolute atomic E-state index is 12.7. The molecule has 1 fully saturated rings. The molecule has 0 heterocycles. The number of nitrogens with one attached hydrogen (secondary N) is 1. The van der Waals surface area contributed by atoms with Gasteiger partial charge in [0.1, 0.15) is 5.84 Å². The largest absolute Gasteiger partial charge is 0.312 e. The summed E-state index contributed by atoms with van der Waals surface area (Å²) in [6, 6.07) is 0. The standard InChI is InChI=1S/C9H17F2N3/c1-8(2,3)13-7(14-12)9(4-5-9)6(10)11/h6H,4-5,12H2,1-3H3,(H,13,14). The highest BCUT2D eigenvalue weighted by molar-refractivity contribution is 5.90. The van der Waals surface area contributed by atoms with Gasteiger partial charge in [-0.15, -0.1) is 0 Å². The Morgan fingerprint density at radius 3 is 2.14 bits per heavy atom. The zero-order valence-corrected chi connectivity index (χ0v) is 8.77. The number of hydrogen-bond acceptors (Lipinski definition) is 2. The molecular formula is C9H17F2N3. The Balaban J connectivity index is 2.88. The molecule has 0 aromatic heterocycles. The quantitative estimate of drug-likeness (QED) is 0.312. The SMILES string of the molecule is CC(C)(C)N=C(NN)C1(C(F)F)CC1. The number of alkyl halides is 2. The van der Waals surface area contributed by atoms with Crippen molar-refractivity contribution in [1.29, 1.82) is 0 Å². The third kappa shape index (κ3) is 2.20. The van der Waals surface area contributed by atoms with Gasteiger partial charge in [0.25, 0.3) is 6.43 Å². The van der Waals surface area contributed by atoms with Gasteiger partial charge in [-0.05, 0) is 33.6 Å². The van der Waals surface area contributed by atoms with Crippen molar-refractivity contribution in [2.75, 3.05) is 0 Å². The van der Waals surface area contributed by atoms with Crippen LogP contribution in [0.4, 0.5) is 8.78 Å². The van der Waals surface area contributed by atoms with Crippen LogP contribution in [0.15, 0.2) is 4.99 Å². The molecule has 5 heteroatoms. The van der Waals surface area contributed by atoms with Crippen molar-refractivity contribution in [3.63, 3.8) is 0 Å². The minimum absolute atomic E-state index is 0.236. The van der Waals surface area contributed by atoms with Crippen molar-refractivity contribution in [2.45, 2.75) is 45.6 Å². The normalized spacial score (nSPS) is 21.2. The van der Waals surface area contributed by atoms with Gasteiger partial charge >= 0.3 is 0 Å². The molecule has 3 nitrogen and oxygen atoms in total. The number of rotatable bonds is 2. The van der Waals surface area contributed by atoms with Crippen LogP contribution in [-0.4, -0.2) is 17.8 Å². The van der Waals surface area contributed by atoms with Gasteiger partial charge in [-0.3, -0.25) is 4.99 Å². The molecule has 0 aromatic rings. The zero-order valence-electron chi connectivity index (χ0n) is 8.77. The van der Waals surface area contributed by atoms with E-state index in [9.17, 15) is 8.78 Å². The molecule has 1 rings (SSSR count). The molecule has 82 valence electrons. The molecule has 0 unspecified atom stereocenters. The fourth-order valence-electron chi connectivity index (χ4n) is 1.32. The molecule has 1 aliphatic carbocycles. The highest BCUT2D eigenvalue weighted by Crippen LogP contribution is 2.51. The Kier molecular flexibility index (Phi) is 2.81. The molecular weight excluding hydrogens is 188 g/mol. The molecule has 0 saturated heterocycles. The number of aliphatic imine (C=N–C) groups is 1. The van der Waals surface area contributed by atoms with Crippen LogP contribution in [0.1, 0.15) is 33.6 Å². The van der Waals surface area contributed by atoms with E-state index in [0.29, 0.717) is 12.8 Å². The summed E-state index contributed by atoms with van der Waals surface area (Å²) in [5.41, 5.74) is 0.835. The van der Waals surface area contributed by atoms with Crippen molar-refractivity contribution in [2.24, 2.45) is 16.3 Å². The Bertz CT molecular complexity index is 239. The molecule has 0 bridgehead atoms. The predicted molar refractivity (Wildman–Crippen MR) is 52.2 cm³/mol. The van der Waals surface area contributed by atoms with Crippen molar-refractivity contribution < 1.29 is 8.78 Å². The average Bonchev–Trinajstić information content (AvgIpc) is 2.78. The molecule has 0 atom stereocenters. The van der Waals surface area contributed by atoms with Gasteiger partial charge in [0.05, 0.1) is 11.0 Å². The lowest BCUT2D eigenvalue weighted by Crippen LogP contribution is -2.42. The van der Waals surface area contributed by atoms with Crippen LogP contribution in [0, 0.1) is 5.41 Å². The zero-order chi connectivity index (χ0) is 11.0. The van der Waals surface area contributed by atoms with Crippen molar-refractivity contribution >= 4 is 5.84 Å². The Hall–Kier alpha value is -0.710. The first-order valence-corrected chi connectivity index (χ1v) is 4.67. The second-order valence-electron chi connectivity index (χ2n) is 4.73. The fraction of sp³-hybridized carbons (Fsp3) is 0.889. The lowest BCUT2D eigenvalue weighted by atomic mass is 10.0. The molecule has 3 N–H and O–H groups in total. The van der Waals surface area contributed by atoms with Gasteiger partial charge in [0.15, 0.2) is 0 Å². The molecule has 0 aliphatic heterocycles. The summed E-state index contributed by atoms with van der Waals surface area (Å²) in [7, 11) is 0. The van der Waals surface area contributed by atoms with E-state index in [1.165, 1.54) is 0 Å². The molecule has 1 saturated carbocycles. The van der Waals surface area contributed by atoms with Crippen LogP contribution in [0.5, 0.6) is 0 Å². The first-order chi connectivity index (χ1) is 6.32. The van der Waals surface area contributed by atoms with Crippen LogP contribution >= 0.6 is 0 Å². The predicted octanol–water partition coefficient (Wildman–Crippen LogP) is 1.69. The maximum Gasteiger partial charge on any atom is 0.251 e. The summed E-state index contributed by atoms with van der Waals surface area (Å²) >= 11 is 0. The van der Waals surface area contributed by atoms with Crippen LogP contribution in [0.3, 0.4) is 0 Å². The van der Waals surface area contributed by atoms with E-state index in [4.69, 9.17) is 5.84 Å². The van der Waals surface area contributed by atoms with Gasteiger partial charge in [-0.1, -0.05) is 0 Å². The van der Waals surface area contributed by atoms with Gasteiger partial charge in [-0.2, -0.15) is 0 Å². The lowest BCUT2D eigenvalue weighted by molar-refractivity contribution is 0.0947. The molecule has 0 radical (unpaired) electrons. The first-order valence-electron chi connectivity index (χ1n) is 4.67. The smallest absolute Gasteiger partial charge is 0.251 e. The second-order valence-corrected chi connectivity index (χ2v) is 4.73. The number of nitrogens with two attached hydrogens (primary N) is 1. The maximum atomic E-state index is 12.7. The van der Waals surface area contributed by atoms with Crippen LogP contribution in [0.2, 0.25) is 0 Å². The topological polar surface area (TPSA) is 50.4 Å². The molecule has 0 aromatic carbocycles. The molecule has 14 heavy (non-hydrogen) atoms. The van der Waals surface area contributed by atoms with Gasteiger partial charge < -0.3 is 5.43 Å². The third-order valence-corrected chi connectivity index (χ3v) is 2.26. The average molecular weight is 205 g/mol. The molecule has 0 spiro atoms. The van der Waals surface area contributed by atoms with E-state index in [-0.39, 0.29) is 11.4 Å². The van der Waals surface area contributed by atoms with Crippen LogP contribution in [0.25, 0.3) is 0 Å². The number of hydrazine groups is 1. The van der Waals surface area contributed by atoms with E-state index in [1.807, 2.05) is 20.8 Å². The van der Waals surface area contributed by atoms with E-state index < -0.39 is 11.8 Å². The summed E-state index contributed by atoms with van der Waals surface area (Å²) < 4.78 is 25.4. The van der Waals surface area contributed by atoms with E-state index in [2.05, 4.69) is 10.4 Å². The van der Waals surface area contributed by atoms with E-state index in [1.54, 1.807) is 0 Å². The number of hydrogen-bond donors (Lipinski definition) is 2.